The Hall–Kier alpha value is -0.560. The van der Waals surface area contributed by atoms with Crippen LogP contribution in [0.15, 0.2) is 10.7 Å². The highest BCUT2D eigenvalue weighted by atomic mass is 127. The summed E-state index contributed by atoms with van der Waals surface area (Å²) in [6.45, 7) is 0. The smallest absolute Gasteiger partial charge is 0.402 e. The predicted octanol–water partition coefficient (Wildman–Crippen LogP) is 3.22. The second-order valence-electron chi connectivity index (χ2n) is 2.27. The van der Waals surface area contributed by atoms with E-state index in [9.17, 15) is 13.2 Å². The van der Waals surface area contributed by atoms with Crippen molar-refractivity contribution in [3.05, 3.63) is 19.9 Å². The number of nitriles is 1. The number of pyridine rings is 1. The lowest BCUT2D eigenvalue weighted by Crippen LogP contribution is -2.18. The summed E-state index contributed by atoms with van der Waals surface area (Å²) in [4.78, 5) is 3.56. The van der Waals surface area contributed by atoms with Crippen molar-refractivity contribution in [1.82, 2.24) is 4.98 Å². The first-order valence-corrected chi connectivity index (χ1v) is 5.22. The minimum atomic E-state index is -4.78. The van der Waals surface area contributed by atoms with Crippen LogP contribution in [0.1, 0.15) is 5.69 Å². The van der Waals surface area contributed by atoms with Gasteiger partial charge in [-0.3, -0.25) is 0 Å². The lowest BCUT2D eigenvalue weighted by atomic mass is 10.4. The fourth-order valence-electron chi connectivity index (χ4n) is 0.737. The quantitative estimate of drug-likeness (QED) is 0.544. The molecule has 15 heavy (non-hydrogen) atoms. The van der Waals surface area contributed by atoms with E-state index >= 15 is 0 Å². The molecule has 0 aromatic carbocycles. The predicted molar refractivity (Wildman–Crippen MR) is 56.1 cm³/mol. The molecule has 1 aromatic heterocycles. The van der Waals surface area contributed by atoms with Gasteiger partial charge in [-0.15, -0.1) is 13.2 Å². The number of halogens is 5. The van der Waals surface area contributed by atoms with E-state index < -0.39 is 12.1 Å². The van der Waals surface area contributed by atoms with E-state index in [0.717, 1.165) is 0 Å². The van der Waals surface area contributed by atoms with E-state index in [4.69, 9.17) is 5.26 Å². The van der Waals surface area contributed by atoms with Crippen LogP contribution >= 0.6 is 38.5 Å². The normalized spacial score (nSPS) is 10.9. The zero-order valence-corrected chi connectivity index (χ0v) is 10.5. The number of aromatic nitrogens is 1. The fourth-order valence-corrected chi connectivity index (χ4v) is 2.25. The number of nitrogens with zero attached hydrogens (tertiary/aromatic N) is 2. The molecule has 0 radical (unpaired) electrons. The Bertz CT molecular complexity index is 406. The van der Waals surface area contributed by atoms with Crippen LogP contribution in [0.2, 0.25) is 0 Å². The molecule has 1 aromatic rings. The van der Waals surface area contributed by atoms with Crippen molar-refractivity contribution in [2.24, 2.45) is 0 Å². The summed E-state index contributed by atoms with van der Waals surface area (Å²) in [6, 6.07) is 2.92. The molecule has 0 bridgehead atoms. The van der Waals surface area contributed by atoms with Gasteiger partial charge in [0, 0.05) is 0 Å². The number of alkyl halides is 3. The van der Waals surface area contributed by atoms with E-state index in [2.05, 4.69) is 25.7 Å². The topological polar surface area (TPSA) is 45.9 Å². The maximum absolute atomic E-state index is 11.9. The van der Waals surface area contributed by atoms with Gasteiger partial charge in [0.25, 0.3) is 0 Å². The second-order valence-corrected chi connectivity index (χ2v) is 4.18. The Morgan fingerprint density at radius 1 is 1.53 bits per heavy atom. The lowest BCUT2D eigenvalue weighted by molar-refractivity contribution is -0.275. The molecular formula is C7HBrF3IN2O. The van der Waals surface area contributed by atoms with Gasteiger partial charge >= 0.3 is 6.36 Å². The van der Waals surface area contributed by atoms with Gasteiger partial charge in [-0.05, 0) is 44.6 Å². The van der Waals surface area contributed by atoms with Crippen molar-refractivity contribution in [3.63, 3.8) is 0 Å². The highest BCUT2D eigenvalue weighted by Crippen LogP contribution is 2.33. The lowest BCUT2D eigenvalue weighted by Gasteiger charge is -2.11. The largest absolute Gasteiger partial charge is 0.573 e. The monoisotopic (exact) mass is 392 g/mol. The molecule has 0 fully saturated rings. The average molecular weight is 393 g/mol. The van der Waals surface area contributed by atoms with E-state index in [-0.39, 0.29) is 13.9 Å². The fraction of sp³-hybridized carbons (Fsp3) is 0.143. The Kier molecular flexibility index (Phi) is 3.77. The zero-order chi connectivity index (χ0) is 11.6. The van der Waals surface area contributed by atoms with Crippen molar-refractivity contribution in [1.29, 1.82) is 5.26 Å². The van der Waals surface area contributed by atoms with E-state index in [1.807, 2.05) is 0 Å². The van der Waals surface area contributed by atoms with Crippen LogP contribution in [0, 0.1) is 14.9 Å². The third kappa shape index (κ3) is 3.49. The number of ether oxygens (including phenoxy) is 1. The second kappa shape index (κ2) is 4.52. The van der Waals surface area contributed by atoms with E-state index in [1.165, 1.54) is 6.07 Å². The summed E-state index contributed by atoms with van der Waals surface area (Å²) in [6.07, 6.45) is -4.78. The van der Waals surface area contributed by atoms with Crippen LogP contribution < -0.4 is 4.74 Å². The Labute approximate surface area is 105 Å². The summed E-state index contributed by atoms with van der Waals surface area (Å²) >= 11 is 4.43. The van der Waals surface area contributed by atoms with Gasteiger partial charge in [0.05, 0.1) is 3.57 Å². The van der Waals surface area contributed by atoms with Crippen LogP contribution in [0.4, 0.5) is 13.2 Å². The summed E-state index contributed by atoms with van der Waals surface area (Å²) in [5, 5.41) is 8.51. The molecule has 3 nitrogen and oxygen atoms in total. The van der Waals surface area contributed by atoms with Crippen molar-refractivity contribution in [2.45, 2.75) is 6.36 Å². The Balaban J connectivity index is 3.16. The number of rotatable bonds is 1. The molecule has 80 valence electrons. The molecule has 0 spiro atoms. The van der Waals surface area contributed by atoms with Crippen LogP contribution in [0.3, 0.4) is 0 Å². The molecule has 0 aliphatic rings. The Morgan fingerprint density at radius 2 is 2.13 bits per heavy atom. The third-order valence-electron chi connectivity index (χ3n) is 1.22. The molecule has 0 aliphatic carbocycles. The maximum atomic E-state index is 11.9. The van der Waals surface area contributed by atoms with Crippen LogP contribution in [-0.4, -0.2) is 11.3 Å². The minimum Gasteiger partial charge on any atom is -0.402 e. The summed E-state index contributed by atoms with van der Waals surface area (Å²) in [5.41, 5.74) is 0.0146. The van der Waals surface area contributed by atoms with Crippen molar-refractivity contribution in [2.75, 3.05) is 0 Å². The summed E-state index contributed by atoms with van der Waals surface area (Å²) in [7, 11) is 0. The van der Waals surface area contributed by atoms with Crippen molar-refractivity contribution < 1.29 is 17.9 Å². The first kappa shape index (κ1) is 12.5. The molecule has 0 saturated heterocycles. The minimum absolute atomic E-state index is 0.0146. The number of hydrogen-bond acceptors (Lipinski definition) is 3. The van der Waals surface area contributed by atoms with Gasteiger partial charge in [0.15, 0.2) is 10.4 Å². The molecule has 0 N–H and O–H groups in total. The highest BCUT2D eigenvalue weighted by molar-refractivity contribution is 14.1. The highest BCUT2D eigenvalue weighted by Gasteiger charge is 2.33. The van der Waals surface area contributed by atoms with Gasteiger partial charge in [0.2, 0.25) is 0 Å². The standard InChI is InChI=1S/C7HBrF3IN2O/c8-6-5(15-7(9,10)11)4(12)1-3(2-13)14-6/h1H. The number of hydrogen-bond donors (Lipinski definition) is 0. The SMILES string of the molecule is N#Cc1cc(I)c(OC(F)(F)F)c(Br)n1. The summed E-state index contributed by atoms with van der Waals surface area (Å²) in [5.74, 6) is -0.443. The molecule has 0 amide bonds. The van der Waals surface area contributed by atoms with Crippen molar-refractivity contribution in [3.8, 4) is 11.8 Å². The van der Waals surface area contributed by atoms with Crippen LogP contribution in [-0.2, 0) is 0 Å². The Morgan fingerprint density at radius 3 is 2.53 bits per heavy atom. The van der Waals surface area contributed by atoms with Gasteiger partial charge in [0.1, 0.15) is 11.8 Å². The zero-order valence-electron chi connectivity index (χ0n) is 6.77. The maximum Gasteiger partial charge on any atom is 0.573 e. The first-order chi connectivity index (χ1) is 6.83. The van der Waals surface area contributed by atoms with Crippen LogP contribution in [0.5, 0.6) is 5.75 Å². The van der Waals surface area contributed by atoms with Gasteiger partial charge < -0.3 is 4.74 Å². The average Bonchev–Trinajstić information content (AvgIpc) is 2.09. The molecule has 0 aliphatic heterocycles. The van der Waals surface area contributed by atoms with Crippen molar-refractivity contribution >= 4 is 38.5 Å². The molecule has 0 atom stereocenters. The van der Waals surface area contributed by atoms with Gasteiger partial charge in [-0.1, -0.05) is 0 Å². The van der Waals surface area contributed by atoms with E-state index in [0.29, 0.717) is 0 Å². The molecule has 1 heterocycles. The van der Waals surface area contributed by atoms with Crippen LogP contribution in [0.25, 0.3) is 0 Å². The van der Waals surface area contributed by atoms with Gasteiger partial charge in [-0.2, -0.15) is 5.26 Å². The third-order valence-corrected chi connectivity index (χ3v) is 2.56. The first-order valence-electron chi connectivity index (χ1n) is 3.35. The molecule has 0 saturated carbocycles. The van der Waals surface area contributed by atoms with Gasteiger partial charge in [-0.25, -0.2) is 4.98 Å². The van der Waals surface area contributed by atoms with E-state index in [1.54, 1.807) is 28.7 Å². The molecule has 8 heteroatoms. The molecular weight excluding hydrogens is 392 g/mol. The molecule has 0 unspecified atom stereocenters. The molecule has 1 rings (SSSR count). The summed E-state index contributed by atoms with van der Waals surface area (Å²) < 4.78 is 39.6.